The van der Waals surface area contributed by atoms with Gasteiger partial charge in [-0.2, -0.15) is 0 Å². The maximum absolute atomic E-state index is 12.3. The second kappa shape index (κ2) is 9.25. The highest BCUT2D eigenvalue weighted by Crippen LogP contribution is 2.28. The molecule has 0 unspecified atom stereocenters. The lowest BCUT2D eigenvalue weighted by Gasteiger charge is -2.10. The summed E-state index contributed by atoms with van der Waals surface area (Å²) in [4.78, 5) is 16.6. The van der Waals surface area contributed by atoms with Gasteiger partial charge in [0.25, 0.3) is 10.0 Å². The summed E-state index contributed by atoms with van der Waals surface area (Å²) in [5, 5.41) is 5.21. The van der Waals surface area contributed by atoms with Crippen LogP contribution in [0.3, 0.4) is 0 Å². The number of anilines is 2. The molecule has 0 radical (unpaired) electrons. The van der Waals surface area contributed by atoms with E-state index in [0.29, 0.717) is 28.6 Å². The van der Waals surface area contributed by atoms with Crippen LogP contribution < -0.4 is 14.8 Å². The second-order valence-electron chi connectivity index (χ2n) is 5.96. The normalized spacial score (nSPS) is 11.1. The maximum atomic E-state index is 12.3. The summed E-state index contributed by atoms with van der Waals surface area (Å²) in [6.07, 6.45) is 0.530. The van der Waals surface area contributed by atoms with Crippen molar-refractivity contribution in [3.05, 3.63) is 64.6 Å². The zero-order chi connectivity index (χ0) is 20.9. The van der Waals surface area contributed by atoms with Crippen LogP contribution in [0, 0.1) is 0 Å². The standard InChI is InChI=1S/C19H18ClN3O4S2/c1-27-17-9-7-13(20)11-16(17)22-18(24)10-8-14-12-28-19(21-14)23-29(25,26)15-5-3-2-4-6-15/h2-7,9,11-12H,8,10H2,1H3,(H,21,23)(H,22,24). The Hall–Kier alpha value is -2.62. The highest BCUT2D eigenvalue weighted by Gasteiger charge is 2.16. The number of hydrogen-bond acceptors (Lipinski definition) is 6. The van der Waals surface area contributed by atoms with Gasteiger partial charge >= 0.3 is 0 Å². The van der Waals surface area contributed by atoms with E-state index in [0.717, 1.165) is 11.3 Å². The number of nitrogens with zero attached hydrogens (tertiary/aromatic N) is 1. The van der Waals surface area contributed by atoms with Crippen LogP contribution >= 0.6 is 22.9 Å². The predicted octanol–water partition coefficient (Wildman–Crippen LogP) is 4.18. The Kier molecular flexibility index (Phi) is 6.73. The summed E-state index contributed by atoms with van der Waals surface area (Å²) in [7, 11) is -2.19. The molecule has 0 bridgehead atoms. The first-order chi connectivity index (χ1) is 13.9. The molecule has 0 aliphatic rings. The lowest BCUT2D eigenvalue weighted by atomic mass is 10.2. The van der Waals surface area contributed by atoms with Gasteiger partial charge in [0.1, 0.15) is 5.75 Å². The number of carbonyl (C=O) groups is 1. The van der Waals surface area contributed by atoms with Gasteiger partial charge in [-0.25, -0.2) is 13.4 Å². The molecular formula is C19H18ClN3O4S2. The minimum absolute atomic E-state index is 0.159. The van der Waals surface area contributed by atoms with Crippen LogP contribution in [0.5, 0.6) is 5.75 Å². The Morgan fingerprint density at radius 1 is 1.21 bits per heavy atom. The van der Waals surface area contributed by atoms with Crippen molar-refractivity contribution in [3.8, 4) is 5.75 Å². The summed E-state index contributed by atoms with van der Waals surface area (Å²) in [6, 6.07) is 13.0. The van der Waals surface area contributed by atoms with Crippen molar-refractivity contribution in [2.75, 3.05) is 17.1 Å². The van der Waals surface area contributed by atoms with Crippen molar-refractivity contribution in [1.82, 2.24) is 4.98 Å². The van der Waals surface area contributed by atoms with Crippen LogP contribution in [-0.2, 0) is 21.2 Å². The molecule has 152 valence electrons. The van der Waals surface area contributed by atoms with Crippen molar-refractivity contribution in [2.45, 2.75) is 17.7 Å². The molecule has 0 spiro atoms. The molecule has 0 saturated heterocycles. The first-order valence-corrected chi connectivity index (χ1v) is 11.3. The van der Waals surface area contributed by atoms with Gasteiger partial charge < -0.3 is 10.1 Å². The van der Waals surface area contributed by atoms with E-state index in [1.807, 2.05) is 0 Å². The van der Waals surface area contributed by atoms with E-state index in [1.54, 1.807) is 41.8 Å². The first-order valence-electron chi connectivity index (χ1n) is 8.53. The van der Waals surface area contributed by atoms with E-state index in [-0.39, 0.29) is 22.4 Å². The SMILES string of the molecule is COc1ccc(Cl)cc1NC(=O)CCc1csc(NS(=O)(=O)c2ccccc2)n1. The van der Waals surface area contributed by atoms with Gasteiger partial charge in [-0.15, -0.1) is 11.3 Å². The third kappa shape index (κ3) is 5.69. The van der Waals surface area contributed by atoms with Crippen LogP contribution in [0.2, 0.25) is 5.02 Å². The molecule has 0 fully saturated rings. The third-order valence-electron chi connectivity index (χ3n) is 3.87. The number of methoxy groups -OCH3 is 1. The van der Waals surface area contributed by atoms with Crippen LogP contribution in [0.15, 0.2) is 58.8 Å². The monoisotopic (exact) mass is 451 g/mol. The largest absolute Gasteiger partial charge is 0.495 e. The Morgan fingerprint density at radius 2 is 1.97 bits per heavy atom. The number of carbonyl (C=O) groups excluding carboxylic acids is 1. The smallest absolute Gasteiger partial charge is 0.263 e. The summed E-state index contributed by atoms with van der Waals surface area (Å²) in [6.45, 7) is 0. The van der Waals surface area contributed by atoms with E-state index < -0.39 is 10.0 Å². The molecule has 1 aromatic heterocycles. The van der Waals surface area contributed by atoms with Crippen LogP contribution in [-0.4, -0.2) is 26.4 Å². The highest BCUT2D eigenvalue weighted by atomic mass is 35.5. The minimum atomic E-state index is -3.69. The molecule has 3 rings (SSSR count). The highest BCUT2D eigenvalue weighted by molar-refractivity contribution is 7.93. The molecule has 0 aliphatic heterocycles. The first kappa shape index (κ1) is 21.1. The maximum Gasteiger partial charge on any atom is 0.263 e. The Morgan fingerprint density at radius 3 is 2.69 bits per heavy atom. The quantitative estimate of drug-likeness (QED) is 0.535. The zero-order valence-corrected chi connectivity index (χ0v) is 17.8. The predicted molar refractivity (Wildman–Crippen MR) is 114 cm³/mol. The van der Waals surface area contributed by atoms with Crippen molar-refractivity contribution in [1.29, 1.82) is 0 Å². The third-order valence-corrected chi connectivity index (χ3v) is 6.40. The zero-order valence-electron chi connectivity index (χ0n) is 15.4. The molecule has 3 aromatic rings. The minimum Gasteiger partial charge on any atom is -0.495 e. The molecule has 29 heavy (non-hydrogen) atoms. The van der Waals surface area contributed by atoms with Crippen molar-refractivity contribution >= 4 is 49.7 Å². The van der Waals surface area contributed by atoms with E-state index >= 15 is 0 Å². The molecule has 2 aromatic carbocycles. The lowest BCUT2D eigenvalue weighted by Crippen LogP contribution is -2.14. The van der Waals surface area contributed by atoms with Crippen molar-refractivity contribution in [3.63, 3.8) is 0 Å². The topological polar surface area (TPSA) is 97.4 Å². The van der Waals surface area contributed by atoms with E-state index in [4.69, 9.17) is 16.3 Å². The van der Waals surface area contributed by atoms with E-state index in [9.17, 15) is 13.2 Å². The fraction of sp³-hybridized carbons (Fsp3) is 0.158. The summed E-state index contributed by atoms with van der Waals surface area (Å²) in [5.74, 6) is 0.277. The molecule has 10 heteroatoms. The number of sulfonamides is 1. The molecular weight excluding hydrogens is 434 g/mol. The van der Waals surface area contributed by atoms with Crippen LogP contribution in [0.4, 0.5) is 10.8 Å². The number of benzene rings is 2. The van der Waals surface area contributed by atoms with Crippen molar-refractivity contribution < 1.29 is 17.9 Å². The Balaban J connectivity index is 1.58. The number of ether oxygens (including phenoxy) is 1. The van der Waals surface area contributed by atoms with E-state index in [1.165, 1.54) is 19.2 Å². The number of aromatic nitrogens is 1. The number of hydrogen-bond donors (Lipinski definition) is 2. The Labute approximate surface area is 177 Å². The number of rotatable bonds is 8. The van der Waals surface area contributed by atoms with Gasteiger partial charge in [0.05, 0.1) is 23.4 Å². The molecule has 0 aliphatic carbocycles. The number of aryl methyl sites for hydroxylation is 1. The number of halogens is 1. The number of nitrogens with one attached hydrogen (secondary N) is 2. The van der Waals surface area contributed by atoms with Crippen molar-refractivity contribution in [2.24, 2.45) is 0 Å². The fourth-order valence-electron chi connectivity index (χ4n) is 2.47. The molecule has 0 atom stereocenters. The van der Waals surface area contributed by atoms with Gasteiger partial charge in [-0.3, -0.25) is 9.52 Å². The molecule has 1 heterocycles. The molecule has 7 nitrogen and oxygen atoms in total. The summed E-state index contributed by atoms with van der Waals surface area (Å²) >= 11 is 7.12. The van der Waals surface area contributed by atoms with Crippen LogP contribution in [0.25, 0.3) is 0 Å². The number of amides is 1. The van der Waals surface area contributed by atoms with E-state index in [2.05, 4.69) is 15.0 Å². The lowest BCUT2D eigenvalue weighted by molar-refractivity contribution is -0.116. The molecule has 2 N–H and O–H groups in total. The molecule has 1 amide bonds. The van der Waals surface area contributed by atoms with Gasteiger partial charge in [-0.1, -0.05) is 29.8 Å². The fourth-order valence-corrected chi connectivity index (χ4v) is 4.67. The van der Waals surface area contributed by atoms with Gasteiger partial charge in [-0.05, 0) is 36.8 Å². The van der Waals surface area contributed by atoms with Gasteiger partial charge in [0.2, 0.25) is 5.91 Å². The Bertz CT molecular complexity index is 1100. The van der Waals surface area contributed by atoms with Gasteiger partial charge in [0.15, 0.2) is 5.13 Å². The summed E-state index contributed by atoms with van der Waals surface area (Å²) < 4.78 is 32.3. The summed E-state index contributed by atoms with van der Waals surface area (Å²) in [5.41, 5.74) is 1.11. The average Bonchev–Trinajstić information content (AvgIpc) is 3.14. The molecule has 0 saturated carbocycles. The van der Waals surface area contributed by atoms with Crippen LogP contribution in [0.1, 0.15) is 12.1 Å². The van der Waals surface area contributed by atoms with Gasteiger partial charge in [0, 0.05) is 16.8 Å². The second-order valence-corrected chi connectivity index (χ2v) is 8.93. The average molecular weight is 452 g/mol. The number of thiazole rings is 1.